The maximum atomic E-state index is 12.1. The molecule has 1 saturated heterocycles. The van der Waals surface area contributed by atoms with Gasteiger partial charge in [-0.3, -0.25) is 9.59 Å². The number of carbonyl (C=O) groups is 3. The number of carbonyl (C=O) groups excluding carboxylic acids is 1. The molecular formula is C37H37NO8S. The summed E-state index contributed by atoms with van der Waals surface area (Å²) in [4.78, 5) is 35.1. The standard InChI is InChI=1S/C37H37NO8S/c1-23-32(22-47-30-16-14-27(15-17-30)36(43)44)45-37(46-35(23)26-8-6-24(21-39)7-9-26)28-12-10-25(11-13-28)31-5-3-2-4-29(31)20-38-33(40)18-19-34(41)42/h2-17,23,32,35,37,39H,18-22H2,1H3,(H,38,40)(H,41,42)(H,43,44)/t23-,32+,35+,37+/m1/s1. The lowest BCUT2D eigenvalue weighted by atomic mass is 9.91. The number of aliphatic carboxylic acids is 1. The summed E-state index contributed by atoms with van der Waals surface area (Å²) in [6.45, 7) is 2.33. The molecule has 0 unspecified atom stereocenters. The highest BCUT2D eigenvalue weighted by atomic mass is 32.2. The van der Waals surface area contributed by atoms with Gasteiger partial charge in [-0.1, -0.05) is 79.7 Å². The van der Waals surface area contributed by atoms with Crippen LogP contribution in [0, 0.1) is 5.92 Å². The summed E-state index contributed by atoms with van der Waals surface area (Å²) in [5.41, 5.74) is 5.68. The van der Waals surface area contributed by atoms with Crippen molar-refractivity contribution in [3.8, 4) is 11.1 Å². The summed E-state index contributed by atoms with van der Waals surface area (Å²) in [6.07, 6.45) is -1.40. The molecule has 0 saturated carbocycles. The first-order valence-electron chi connectivity index (χ1n) is 15.4. The van der Waals surface area contributed by atoms with Crippen LogP contribution in [0.25, 0.3) is 11.1 Å². The quantitative estimate of drug-likeness (QED) is 0.117. The second-order valence-electron chi connectivity index (χ2n) is 11.4. The van der Waals surface area contributed by atoms with E-state index in [0.29, 0.717) is 5.75 Å². The highest BCUT2D eigenvalue weighted by Gasteiger charge is 2.38. The average Bonchev–Trinajstić information content (AvgIpc) is 3.10. The van der Waals surface area contributed by atoms with Crippen molar-refractivity contribution in [2.45, 2.75) is 56.3 Å². The van der Waals surface area contributed by atoms with Crippen LogP contribution >= 0.6 is 11.8 Å². The molecule has 1 fully saturated rings. The molecular weight excluding hydrogens is 618 g/mol. The molecule has 0 spiro atoms. The number of ether oxygens (including phenoxy) is 2. The first-order chi connectivity index (χ1) is 22.7. The Bertz CT molecular complexity index is 1670. The fourth-order valence-electron chi connectivity index (χ4n) is 5.46. The SMILES string of the molecule is C[C@@H]1[C@H](CSc2ccc(C(=O)O)cc2)O[C@H](c2ccc(-c3ccccc3CNC(=O)CCC(=O)O)cc2)O[C@@H]1c1ccc(CO)cc1. The third-order valence-corrected chi connectivity index (χ3v) is 9.29. The summed E-state index contributed by atoms with van der Waals surface area (Å²) in [6, 6.07) is 30.2. The lowest BCUT2D eigenvalue weighted by Crippen LogP contribution is -2.38. The molecule has 10 heteroatoms. The van der Waals surface area contributed by atoms with E-state index in [1.54, 1.807) is 36.0 Å². The number of rotatable bonds is 13. The van der Waals surface area contributed by atoms with Crippen molar-refractivity contribution < 1.29 is 39.2 Å². The maximum absolute atomic E-state index is 12.1. The van der Waals surface area contributed by atoms with Crippen molar-refractivity contribution in [3.05, 3.63) is 125 Å². The van der Waals surface area contributed by atoms with Gasteiger partial charge in [-0.2, -0.15) is 0 Å². The summed E-state index contributed by atoms with van der Waals surface area (Å²) in [5.74, 6) is -1.67. The number of aromatic carboxylic acids is 1. The third kappa shape index (κ3) is 8.87. The maximum Gasteiger partial charge on any atom is 0.335 e. The monoisotopic (exact) mass is 655 g/mol. The zero-order chi connectivity index (χ0) is 33.3. The molecule has 4 atom stereocenters. The number of aliphatic hydroxyl groups is 1. The Morgan fingerprint density at radius 2 is 1.49 bits per heavy atom. The van der Waals surface area contributed by atoms with Gasteiger partial charge in [-0.05, 0) is 52.1 Å². The van der Waals surface area contributed by atoms with Crippen molar-refractivity contribution in [1.29, 1.82) is 0 Å². The van der Waals surface area contributed by atoms with Crippen molar-refractivity contribution in [2.75, 3.05) is 5.75 Å². The summed E-state index contributed by atoms with van der Waals surface area (Å²) >= 11 is 1.60. The van der Waals surface area contributed by atoms with Crippen molar-refractivity contribution in [3.63, 3.8) is 0 Å². The van der Waals surface area contributed by atoms with E-state index in [-0.39, 0.29) is 55.6 Å². The van der Waals surface area contributed by atoms with E-state index >= 15 is 0 Å². The minimum Gasteiger partial charge on any atom is -0.481 e. The second-order valence-corrected chi connectivity index (χ2v) is 12.5. The molecule has 0 aliphatic carbocycles. The molecule has 0 bridgehead atoms. The van der Waals surface area contributed by atoms with Crippen LogP contribution in [-0.2, 0) is 32.2 Å². The number of nitrogens with one attached hydrogen (secondary N) is 1. The van der Waals surface area contributed by atoms with Crippen molar-refractivity contribution in [2.24, 2.45) is 5.92 Å². The molecule has 0 radical (unpaired) electrons. The summed E-state index contributed by atoms with van der Waals surface area (Å²) in [7, 11) is 0. The second kappa shape index (κ2) is 15.9. The molecule has 1 amide bonds. The minimum absolute atomic E-state index is 0.00567. The highest BCUT2D eigenvalue weighted by molar-refractivity contribution is 7.99. The molecule has 1 aliphatic rings. The number of benzene rings is 4. The minimum atomic E-state index is -1.01. The smallest absolute Gasteiger partial charge is 0.335 e. The Labute approximate surface area is 277 Å². The predicted molar refractivity (Wildman–Crippen MR) is 178 cm³/mol. The molecule has 4 aromatic rings. The molecule has 1 aliphatic heterocycles. The number of hydrogen-bond donors (Lipinski definition) is 4. The molecule has 9 nitrogen and oxygen atoms in total. The van der Waals surface area contributed by atoms with Gasteiger partial charge in [-0.15, -0.1) is 11.8 Å². The highest BCUT2D eigenvalue weighted by Crippen LogP contribution is 2.43. The van der Waals surface area contributed by atoms with E-state index in [4.69, 9.17) is 14.6 Å². The molecule has 244 valence electrons. The van der Waals surface area contributed by atoms with Crippen LogP contribution in [0.4, 0.5) is 0 Å². The van der Waals surface area contributed by atoms with Crippen molar-refractivity contribution in [1.82, 2.24) is 5.32 Å². The molecule has 0 aromatic heterocycles. The molecule has 4 aromatic carbocycles. The zero-order valence-corrected chi connectivity index (χ0v) is 26.7. The normalized spacial score (nSPS) is 19.2. The van der Waals surface area contributed by atoms with Crippen LogP contribution in [0.3, 0.4) is 0 Å². The topological polar surface area (TPSA) is 142 Å². The number of carboxylic acid groups (broad SMARTS) is 2. The Hall–Kier alpha value is -4.48. The third-order valence-electron chi connectivity index (χ3n) is 8.19. The average molecular weight is 656 g/mol. The number of carboxylic acids is 2. The van der Waals surface area contributed by atoms with Gasteiger partial charge in [0.1, 0.15) is 0 Å². The first-order valence-corrected chi connectivity index (χ1v) is 16.3. The number of thioether (sulfide) groups is 1. The number of hydrogen-bond acceptors (Lipinski definition) is 7. The van der Waals surface area contributed by atoms with Crippen molar-refractivity contribution >= 4 is 29.6 Å². The Morgan fingerprint density at radius 1 is 0.809 bits per heavy atom. The van der Waals surface area contributed by atoms with E-state index in [1.165, 1.54) is 0 Å². The fraction of sp³-hybridized carbons (Fsp3) is 0.270. The largest absolute Gasteiger partial charge is 0.481 e. The lowest BCUT2D eigenvalue weighted by molar-refractivity contribution is -0.268. The molecule has 4 N–H and O–H groups in total. The van der Waals surface area contributed by atoms with Crippen LogP contribution in [0.5, 0.6) is 0 Å². The van der Waals surface area contributed by atoms with Gasteiger partial charge in [-0.25, -0.2) is 4.79 Å². The molecule has 47 heavy (non-hydrogen) atoms. The van der Waals surface area contributed by atoms with Gasteiger partial charge in [0.25, 0.3) is 0 Å². The van der Waals surface area contributed by atoms with E-state index in [1.807, 2.05) is 72.8 Å². The van der Waals surface area contributed by atoms with Gasteiger partial charge in [0.2, 0.25) is 5.91 Å². The van der Waals surface area contributed by atoms with Crippen LogP contribution in [0.15, 0.2) is 102 Å². The number of aliphatic hydroxyl groups excluding tert-OH is 1. The predicted octanol–water partition coefficient (Wildman–Crippen LogP) is 6.61. The van der Waals surface area contributed by atoms with E-state index in [0.717, 1.165) is 38.3 Å². The van der Waals surface area contributed by atoms with E-state index < -0.39 is 18.2 Å². The van der Waals surface area contributed by atoms with Gasteiger partial charge in [0.05, 0.1) is 30.8 Å². The van der Waals surface area contributed by atoms with Gasteiger partial charge in [0, 0.05) is 35.1 Å². The first kappa shape index (κ1) is 33.9. The molecule has 5 rings (SSSR count). The Kier molecular flexibility index (Phi) is 11.4. The lowest BCUT2D eigenvalue weighted by Gasteiger charge is -2.41. The van der Waals surface area contributed by atoms with E-state index in [2.05, 4.69) is 12.2 Å². The van der Waals surface area contributed by atoms with Gasteiger partial charge in [0.15, 0.2) is 6.29 Å². The van der Waals surface area contributed by atoms with E-state index in [9.17, 15) is 24.6 Å². The summed E-state index contributed by atoms with van der Waals surface area (Å²) < 4.78 is 13.2. The molecule has 1 heterocycles. The Balaban J connectivity index is 1.34. The zero-order valence-electron chi connectivity index (χ0n) is 25.9. The van der Waals surface area contributed by atoms with Crippen LogP contribution in [0.2, 0.25) is 0 Å². The van der Waals surface area contributed by atoms with Crippen LogP contribution in [0.1, 0.15) is 64.8 Å². The number of amides is 1. The van der Waals surface area contributed by atoms with Crippen LogP contribution < -0.4 is 5.32 Å². The van der Waals surface area contributed by atoms with Crippen LogP contribution in [-0.4, -0.2) is 45.0 Å². The fourth-order valence-corrected chi connectivity index (χ4v) is 6.53. The Morgan fingerprint density at radius 3 is 2.15 bits per heavy atom. The van der Waals surface area contributed by atoms with Gasteiger partial charge >= 0.3 is 11.9 Å². The van der Waals surface area contributed by atoms with Gasteiger partial charge < -0.3 is 30.1 Å². The summed E-state index contributed by atoms with van der Waals surface area (Å²) in [5, 5.41) is 30.4.